The van der Waals surface area contributed by atoms with E-state index in [0.717, 1.165) is 60.8 Å². The van der Waals surface area contributed by atoms with Crippen molar-refractivity contribution in [2.24, 2.45) is 10.8 Å². The van der Waals surface area contributed by atoms with Gasteiger partial charge in [0.15, 0.2) is 0 Å². The smallest absolute Gasteiger partial charge is 0.246 e. The fraction of sp³-hybridized carbons (Fsp3) is 0.586. The summed E-state index contributed by atoms with van der Waals surface area (Å²) < 4.78 is 13.0. The number of hydrogen-bond donors (Lipinski definition) is 6. The maximum Gasteiger partial charge on any atom is 0.246 e. The number of benzene rings is 3. The lowest BCUT2D eigenvalue weighted by molar-refractivity contribution is -0.144. The molecule has 0 radical (unpaired) electrons. The third-order valence-electron chi connectivity index (χ3n) is 15.5. The van der Waals surface area contributed by atoms with Crippen LogP contribution in [-0.4, -0.2) is 121 Å². The molecule has 0 unspecified atom stereocenters. The van der Waals surface area contributed by atoms with Crippen molar-refractivity contribution >= 4 is 35.4 Å². The largest absolute Gasteiger partial charge is 0.372 e. The van der Waals surface area contributed by atoms with Crippen molar-refractivity contribution in [1.82, 2.24) is 41.7 Å². The van der Waals surface area contributed by atoms with E-state index < -0.39 is 59.3 Å². The van der Waals surface area contributed by atoms with Crippen LogP contribution in [0.3, 0.4) is 0 Å². The number of aryl methyl sites for hydroxylation is 2. The maximum absolute atomic E-state index is 14.6. The zero-order valence-electron chi connectivity index (χ0n) is 45.3. The number of hydrogen-bond acceptors (Lipinski definition) is 10. The van der Waals surface area contributed by atoms with Gasteiger partial charge in [0.25, 0.3) is 0 Å². The lowest BCUT2D eigenvalue weighted by Gasteiger charge is -2.36. The summed E-state index contributed by atoms with van der Waals surface area (Å²) in [6.45, 7) is 15.7. The van der Waals surface area contributed by atoms with Crippen LogP contribution < -0.4 is 31.9 Å². The van der Waals surface area contributed by atoms with Crippen LogP contribution in [0, 0.1) is 10.8 Å². The lowest BCUT2D eigenvalue weighted by atomic mass is 9.85. The van der Waals surface area contributed by atoms with Crippen LogP contribution in [0.5, 0.6) is 0 Å². The molecule has 6 N–H and O–H groups in total. The second-order valence-electron chi connectivity index (χ2n) is 23.1. The van der Waals surface area contributed by atoms with E-state index in [4.69, 9.17) is 9.47 Å². The van der Waals surface area contributed by atoms with Crippen LogP contribution in [0.2, 0.25) is 0 Å². The topological polar surface area (TPSA) is 200 Å². The molecule has 2 fully saturated rings. The minimum Gasteiger partial charge on any atom is -0.372 e. The van der Waals surface area contributed by atoms with E-state index in [9.17, 15) is 28.8 Å². The third-order valence-corrected chi connectivity index (χ3v) is 15.5. The van der Waals surface area contributed by atoms with Gasteiger partial charge in [-0.2, -0.15) is 0 Å². The van der Waals surface area contributed by atoms with Gasteiger partial charge in [0.2, 0.25) is 35.4 Å². The predicted molar refractivity (Wildman–Crippen MR) is 284 cm³/mol. The van der Waals surface area contributed by atoms with Crippen molar-refractivity contribution in [2.75, 3.05) is 27.2 Å². The Kier molecular flexibility index (Phi) is 18.4. The summed E-state index contributed by atoms with van der Waals surface area (Å²) in [6.07, 6.45) is 5.08. The highest BCUT2D eigenvalue weighted by Gasteiger charge is 2.48. The Morgan fingerprint density at radius 3 is 1.28 bits per heavy atom. The summed E-state index contributed by atoms with van der Waals surface area (Å²) in [7, 11) is 3.38. The molecule has 0 aromatic heterocycles. The average molecular weight is 1020 g/mol. The molecule has 2 aliphatic carbocycles. The SMILES string of the molecule is CN[C@@H](C)C(=O)N[C@H](C(=O)N1C[C@@H](OCc2ccc(CO[C@H]3C[C@@H](C(=O)N[C@@H]4CCCc5ccccc54)N(C(=O)[C@@H](NC(=O)[C@H](C)NC)C(C)(C)C)C3)cc2)C[C@H]1C(=O)N[C@@H]1CCCc2ccccc21)C(C)(C)C. The predicted octanol–water partition coefficient (Wildman–Crippen LogP) is 5.32. The maximum atomic E-state index is 14.6. The minimum absolute atomic E-state index is 0.171. The number of likely N-dealkylation sites (tertiary alicyclic amines) is 2. The van der Waals surface area contributed by atoms with Crippen LogP contribution in [-0.2, 0) is 64.3 Å². The summed E-state index contributed by atoms with van der Waals surface area (Å²) >= 11 is 0. The molecule has 10 atom stereocenters. The van der Waals surface area contributed by atoms with E-state index in [-0.39, 0.29) is 73.8 Å². The number of fused-ring (bicyclic) bond motifs is 2. The molecular formula is C58H82N8O8. The summed E-state index contributed by atoms with van der Waals surface area (Å²) in [6, 6.07) is 19.4. The van der Waals surface area contributed by atoms with Gasteiger partial charge in [-0.3, -0.25) is 28.8 Å². The van der Waals surface area contributed by atoms with E-state index in [1.54, 1.807) is 37.7 Å². The van der Waals surface area contributed by atoms with Gasteiger partial charge in [0.1, 0.15) is 24.2 Å². The molecule has 4 aliphatic rings. The minimum atomic E-state index is -0.888. The van der Waals surface area contributed by atoms with Gasteiger partial charge in [-0.25, -0.2) is 0 Å². The second-order valence-corrected chi connectivity index (χ2v) is 23.1. The molecule has 3 aromatic rings. The Bertz CT molecular complexity index is 2300. The van der Waals surface area contributed by atoms with Gasteiger partial charge in [-0.1, -0.05) is 114 Å². The Labute approximate surface area is 438 Å². The van der Waals surface area contributed by atoms with Crippen molar-refractivity contribution in [3.05, 3.63) is 106 Å². The molecule has 2 heterocycles. The number of nitrogens with zero attached hydrogens (tertiary/aromatic N) is 2. The fourth-order valence-corrected chi connectivity index (χ4v) is 10.7. The molecule has 16 nitrogen and oxygen atoms in total. The van der Waals surface area contributed by atoms with Crippen LogP contribution in [0.15, 0.2) is 72.8 Å². The van der Waals surface area contributed by atoms with Gasteiger partial charge in [-0.15, -0.1) is 0 Å². The van der Waals surface area contributed by atoms with Crippen molar-refractivity contribution in [3.63, 3.8) is 0 Å². The monoisotopic (exact) mass is 1020 g/mol. The van der Waals surface area contributed by atoms with E-state index in [1.165, 1.54) is 11.1 Å². The number of ether oxygens (including phenoxy) is 2. The molecule has 16 heteroatoms. The summed E-state index contributed by atoms with van der Waals surface area (Å²) in [5, 5.41) is 18.4. The second kappa shape index (κ2) is 24.3. The molecule has 6 amide bonds. The molecule has 2 aliphatic heterocycles. The van der Waals surface area contributed by atoms with Crippen molar-refractivity contribution < 1.29 is 38.2 Å². The van der Waals surface area contributed by atoms with Crippen LogP contribution in [0.25, 0.3) is 0 Å². The first-order valence-corrected chi connectivity index (χ1v) is 26.8. The molecular weight excluding hydrogens is 937 g/mol. The van der Waals surface area contributed by atoms with Gasteiger partial charge >= 0.3 is 0 Å². The molecule has 0 bridgehead atoms. The van der Waals surface area contributed by atoms with E-state index >= 15 is 0 Å². The zero-order valence-corrected chi connectivity index (χ0v) is 45.3. The van der Waals surface area contributed by atoms with Gasteiger partial charge in [-0.05, 0) is 111 Å². The van der Waals surface area contributed by atoms with E-state index in [0.29, 0.717) is 12.8 Å². The van der Waals surface area contributed by atoms with Crippen molar-refractivity contribution in [1.29, 1.82) is 0 Å². The van der Waals surface area contributed by atoms with Crippen LogP contribution in [0.4, 0.5) is 0 Å². The summed E-state index contributed by atoms with van der Waals surface area (Å²) in [4.78, 5) is 87.4. The van der Waals surface area contributed by atoms with Crippen molar-refractivity contribution in [2.45, 2.75) is 181 Å². The normalized spacial score (nSPS) is 23.4. The Hall–Kier alpha value is -5.68. The lowest BCUT2D eigenvalue weighted by Crippen LogP contribution is -2.59. The third kappa shape index (κ3) is 13.6. The first-order chi connectivity index (χ1) is 35.2. The van der Waals surface area contributed by atoms with Crippen LogP contribution >= 0.6 is 0 Å². The fourth-order valence-electron chi connectivity index (χ4n) is 10.7. The molecule has 2 saturated heterocycles. The first-order valence-electron chi connectivity index (χ1n) is 26.8. The van der Waals surface area contributed by atoms with Crippen molar-refractivity contribution in [3.8, 4) is 0 Å². The number of amides is 6. The van der Waals surface area contributed by atoms with Gasteiger partial charge in [0, 0.05) is 25.9 Å². The molecule has 74 heavy (non-hydrogen) atoms. The Morgan fingerprint density at radius 2 is 0.932 bits per heavy atom. The molecule has 7 rings (SSSR count). The standard InChI is InChI=1S/C58H82N8O8/c1-35(59-9)51(67)63-49(57(3,4)5)55(71)65-31-41(29-47(65)53(69)61-45-23-15-19-39-17-11-13-21-43(39)45)73-33-37-25-27-38(28-26-37)34-74-42-30-48(54(70)62-46-24-16-20-40-18-12-14-22-44(40)46)66(32-42)56(72)50(58(6,7)8)64-52(68)36(2)60-10/h11-14,17-18,21-22,25-28,35-36,41-42,45-50,59-60H,15-16,19-20,23-24,29-34H2,1-10H3,(H,61,69)(H,62,70)(H,63,67)(H,64,68)/t35-,36-,41-,42-,45+,46+,47-,48-,49+,50+/m0/s1. The van der Waals surface area contributed by atoms with Crippen LogP contribution in [0.1, 0.15) is 139 Å². The first kappa shape index (κ1) is 56.1. The zero-order chi connectivity index (χ0) is 53.5. The van der Waals surface area contributed by atoms with E-state index in [1.807, 2.05) is 90.1 Å². The summed E-state index contributed by atoms with van der Waals surface area (Å²) in [5.74, 6) is -1.75. The highest BCUT2D eigenvalue weighted by atomic mass is 16.5. The highest BCUT2D eigenvalue weighted by Crippen LogP contribution is 2.34. The average Bonchev–Trinajstić information content (AvgIpc) is 4.03. The highest BCUT2D eigenvalue weighted by molar-refractivity contribution is 5.95. The molecule has 0 saturated carbocycles. The number of rotatable bonds is 18. The molecule has 402 valence electrons. The van der Waals surface area contributed by atoms with Gasteiger partial charge in [0.05, 0.1) is 49.6 Å². The van der Waals surface area contributed by atoms with E-state index in [2.05, 4.69) is 56.2 Å². The number of likely N-dealkylation sites (N-methyl/N-ethyl adjacent to an activating group) is 2. The van der Waals surface area contributed by atoms with Gasteiger partial charge < -0.3 is 51.2 Å². The number of nitrogens with one attached hydrogen (secondary N) is 6. The molecule has 3 aromatic carbocycles. The number of carbonyl (C=O) groups excluding carboxylic acids is 6. The quantitative estimate of drug-likeness (QED) is 0.0970. The summed E-state index contributed by atoms with van der Waals surface area (Å²) in [5.41, 5.74) is 5.12. The Balaban J connectivity index is 1.02. The molecule has 0 spiro atoms. The number of carbonyl (C=O) groups is 6. The Morgan fingerprint density at radius 1 is 0.568 bits per heavy atom.